The highest BCUT2D eigenvalue weighted by Crippen LogP contribution is 2.24. The van der Waals surface area contributed by atoms with Gasteiger partial charge in [0.15, 0.2) is 6.29 Å². The van der Waals surface area contributed by atoms with E-state index in [0.717, 1.165) is 23.3 Å². The minimum atomic E-state index is 0.650. The van der Waals surface area contributed by atoms with Gasteiger partial charge in [-0.3, -0.25) is 4.79 Å². The van der Waals surface area contributed by atoms with E-state index in [0.29, 0.717) is 10.4 Å². The Bertz CT molecular complexity index is 363. The van der Waals surface area contributed by atoms with Crippen LogP contribution in [0.4, 0.5) is 0 Å². The van der Waals surface area contributed by atoms with Gasteiger partial charge in [0, 0.05) is 18.6 Å². The Balaban J connectivity index is -0.000000271. The first kappa shape index (κ1) is 23.0. The Morgan fingerprint density at radius 1 is 1.26 bits per heavy atom. The van der Waals surface area contributed by atoms with Gasteiger partial charge in [0.2, 0.25) is 0 Å². The van der Waals surface area contributed by atoms with Crippen LogP contribution in [0.2, 0.25) is 0 Å². The quantitative estimate of drug-likeness (QED) is 0.736. The van der Waals surface area contributed by atoms with E-state index in [4.69, 9.17) is 5.26 Å². The first-order chi connectivity index (χ1) is 9.12. The molecule has 4 heteroatoms. The molecule has 0 fully saturated rings. The van der Waals surface area contributed by atoms with Crippen LogP contribution in [-0.2, 0) is 4.74 Å². The molecule has 0 aromatic carbocycles. The molecule has 19 heavy (non-hydrogen) atoms. The molecule has 3 nitrogen and oxygen atoms in total. The monoisotopic (exact) mass is 285 g/mol. The van der Waals surface area contributed by atoms with Gasteiger partial charge in [-0.05, 0) is 26.3 Å². The number of hydrogen-bond acceptors (Lipinski definition) is 4. The van der Waals surface area contributed by atoms with Crippen molar-refractivity contribution in [3.63, 3.8) is 0 Å². The van der Waals surface area contributed by atoms with Gasteiger partial charge < -0.3 is 4.74 Å². The summed E-state index contributed by atoms with van der Waals surface area (Å²) in [5.74, 6) is 0. The van der Waals surface area contributed by atoms with Crippen molar-refractivity contribution in [1.29, 1.82) is 5.26 Å². The number of methoxy groups -OCH3 is 1. The summed E-state index contributed by atoms with van der Waals surface area (Å²) in [6, 6.07) is 2.07. The summed E-state index contributed by atoms with van der Waals surface area (Å²) in [7, 11) is 1.68. The predicted molar refractivity (Wildman–Crippen MR) is 84.1 cm³/mol. The summed E-state index contributed by atoms with van der Waals surface area (Å²) in [6.07, 6.45) is 0.799. The number of hydrogen-bond donors (Lipinski definition) is 0. The molecule has 0 aliphatic carbocycles. The highest BCUT2D eigenvalue weighted by molar-refractivity contribution is 7.14. The molecule has 0 atom stereocenters. The van der Waals surface area contributed by atoms with Gasteiger partial charge in [-0.1, -0.05) is 27.7 Å². The fraction of sp³-hybridized carbons (Fsp3) is 0.600. The van der Waals surface area contributed by atoms with E-state index in [1.165, 1.54) is 11.3 Å². The van der Waals surface area contributed by atoms with Crippen molar-refractivity contribution in [1.82, 2.24) is 0 Å². The van der Waals surface area contributed by atoms with Crippen LogP contribution in [0.1, 0.15) is 60.3 Å². The second-order valence-corrected chi connectivity index (χ2v) is 4.09. The Kier molecular flexibility index (Phi) is 20.3. The topological polar surface area (TPSA) is 50.1 Å². The van der Waals surface area contributed by atoms with Gasteiger partial charge in [-0.2, -0.15) is 5.26 Å². The zero-order valence-corrected chi connectivity index (χ0v) is 14.3. The van der Waals surface area contributed by atoms with Crippen LogP contribution in [-0.4, -0.2) is 20.0 Å². The number of aldehydes is 1. The maximum atomic E-state index is 10.4. The lowest BCUT2D eigenvalue weighted by Gasteiger charge is -1.85. The normalized spacial score (nSPS) is 7.53. The zero-order chi connectivity index (χ0) is 15.8. The Hall–Kier alpha value is -1.18. The molecule has 0 amide bonds. The molecule has 1 rings (SSSR count). The van der Waals surface area contributed by atoms with Gasteiger partial charge in [-0.25, -0.2) is 0 Å². The lowest BCUT2D eigenvalue weighted by atomic mass is 10.1. The third kappa shape index (κ3) is 9.40. The number of thiophene rings is 1. The smallest absolute Gasteiger partial charge is 0.160 e. The number of rotatable bonds is 2. The highest BCUT2D eigenvalue weighted by atomic mass is 32.1. The van der Waals surface area contributed by atoms with E-state index in [-0.39, 0.29) is 0 Å². The number of ether oxygens (including phenoxy) is 1. The van der Waals surface area contributed by atoms with E-state index < -0.39 is 0 Å². The van der Waals surface area contributed by atoms with E-state index in [1.807, 2.05) is 41.5 Å². The van der Waals surface area contributed by atoms with Crippen molar-refractivity contribution in [2.24, 2.45) is 0 Å². The van der Waals surface area contributed by atoms with Crippen LogP contribution in [0.15, 0.2) is 0 Å². The van der Waals surface area contributed by atoms with Crippen molar-refractivity contribution in [3.8, 4) is 6.07 Å². The third-order valence-electron chi connectivity index (χ3n) is 1.87. The van der Waals surface area contributed by atoms with Crippen molar-refractivity contribution in [3.05, 3.63) is 20.9 Å². The lowest BCUT2D eigenvalue weighted by molar-refractivity contribution is 0.112. The van der Waals surface area contributed by atoms with E-state index in [2.05, 4.69) is 10.8 Å². The third-order valence-corrected chi connectivity index (χ3v) is 3.00. The number of nitriles is 1. The van der Waals surface area contributed by atoms with Crippen LogP contribution in [0.25, 0.3) is 0 Å². The van der Waals surface area contributed by atoms with Crippen molar-refractivity contribution in [2.75, 3.05) is 13.7 Å². The van der Waals surface area contributed by atoms with Gasteiger partial charge in [-0.15, -0.1) is 11.3 Å². The largest absolute Gasteiger partial charge is 0.385 e. The molecule has 0 N–H and O–H groups in total. The average molecular weight is 285 g/mol. The van der Waals surface area contributed by atoms with Crippen molar-refractivity contribution < 1.29 is 9.53 Å². The molecular weight excluding hydrogens is 258 g/mol. The van der Waals surface area contributed by atoms with Crippen molar-refractivity contribution in [2.45, 2.75) is 48.5 Å². The molecule has 0 saturated carbocycles. The summed E-state index contributed by atoms with van der Waals surface area (Å²) in [5, 5.41) is 8.65. The number of carbonyl (C=O) groups excluding carboxylic acids is 1. The molecule has 1 aromatic heterocycles. The summed E-state index contributed by atoms with van der Waals surface area (Å²) in [5.41, 5.74) is 1.46. The average Bonchev–Trinajstić information content (AvgIpc) is 2.77. The zero-order valence-electron chi connectivity index (χ0n) is 13.5. The predicted octanol–water partition coefficient (Wildman–Crippen LogP) is 4.75. The highest BCUT2D eigenvalue weighted by Gasteiger charge is 2.09. The van der Waals surface area contributed by atoms with Crippen LogP contribution in [0.5, 0.6) is 0 Å². The fourth-order valence-electron chi connectivity index (χ4n) is 0.955. The molecule has 0 bridgehead atoms. The molecule has 0 unspecified atom stereocenters. The lowest BCUT2D eigenvalue weighted by Crippen LogP contribution is -1.79. The van der Waals surface area contributed by atoms with Gasteiger partial charge >= 0.3 is 0 Å². The molecule has 1 heterocycles. The SMILES string of the molecule is CC.CC.CCOC.Cc1sc(C=O)c(C)c1C#N. The minimum Gasteiger partial charge on any atom is -0.385 e. The Labute approximate surface area is 122 Å². The Morgan fingerprint density at radius 3 is 1.84 bits per heavy atom. The van der Waals surface area contributed by atoms with Gasteiger partial charge in [0.05, 0.1) is 10.4 Å². The standard InChI is InChI=1S/C8H7NOS.C3H8O.2C2H6/c1-5-7(3-9)6(2)11-8(5)4-10;1-3-4-2;2*1-2/h4H,1-2H3;3H2,1-2H3;2*1-2H3. The number of aryl methyl sites for hydroxylation is 1. The first-order valence-electron chi connectivity index (χ1n) is 6.56. The molecule has 0 saturated heterocycles. The van der Waals surface area contributed by atoms with Crippen LogP contribution >= 0.6 is 11.3 Å². The summed E-state index contributed by atoms with van der Waals surface area (Å²) in [6.45, 7) is 14.4. The molecule has 0 aliphatic heterocycles. The summed E-state index contributed by atoms with van der Waals surface area (Å²) >= 11 is 1.37. The number of carbonyl (C=O) groups is 1. The molecule has 1 aromatic rings. The second-order valence-electron chi connectivity index (χ2n) is 2.83. The van der Waals surface area contributed by atoms with E-state index in [9.17, 15) is 4.79 Å². The van der Waals surface area contributed by atoms with Crippen LogP contribution < -0.4 is 0 Å². The molecular formula is C15H27NO2S. The van der Waals surface area contributed by atoms with Crippen molar-refractivity contribution >= 4 is 17.6 Å². The van der Waals surface area contributed by atoms with Crippen LogP contribution in [0, 0.1) is 25.2 Å². The Morgan fingerprint density at radius 2 is 1.68 bits per heavy atom. The molecule has 0 aliphatic rings. The maximum absolute atomic E-state index is 10.4. The van der Waals surface area contributed by atoms with Gasteiger partial charge in [0.1, 0.15) is 6.07 Å². The second kappa shape index (κ2) is 16.8. The molecule has 0 radical (unpaired) electrons. The summed E-state index contributed by atoms with van der Waals surface area (Å²) < 4.78 is 4.54. The van der Waals surface area contributed by atoms with E-state index >= 15 is 0 Å². The van der Waals surface area contributed by atoms with Gasteiger partial charge in [0.25, 0.3) is 0 Å². The molecule has 0 spiro atoms. The minimum absolute atomic E-state index is 0.650. The summed E-state index contributed by atoms with van der Waals surface area (Å²) in [4.78, 5) is 12.0. The van der Waals surface area contributed by atoms with Crippen LogP contribution in [0.3, 0.4) is 0 Å². The van der Waals surface area contributed by atoms with E-state index in [1.54, 1.807) is 14.0 Å². The molecule has 110 valence electrons. The first-order valence-corrected chi connectivity index (χ1v) is 7.38. The maximum Gasteiger partial charge on any atom is 0.160 e. The number of nitrogens with zero attached hydrogens (tertiary/aromatic N) is 1. The fourth-order valence-corrected chi connectivity index (χ4v) is 1.89.